The normalized spacial score (nSPS) is 10.1. The van der Waals surface area contributed by atoms with Gasteiger partial charge in [-0.25, -0.2) is 0 Å². The maximum absolute atomic E-state index is 11.5. The number of aryl methyl sites for hydroxylation is 1. The Morgan fingerprint density at radius 2 is 2.09 bits per heavy atom. The Bertz CT molecular complexity index is 639. The minimum Gasteiger partial charge on any atom is -0.495 e. The summed E-state index contributed by atoms with van der Waals surface area (Å²) in [4.78, 5) is 15.9. The van der Waals surface area contributed by atoms with Gasteiger partial charge in [-0.05, 0) is 43.7 Å². The van der Waals surface area contributed by atoms with Crippen LogP contribution < -0.4 is 10.1 Å². The first kappa shape index (κ1) is 15.8. The van der Waals surface area contributed by atoms with Crippen molar-refractivity contribution in [1.82, 2.24) is 4.98 Å². The Hall–Kier alpha value is -2.56. The van der Waals surface area contributed by atoms with Gasteiger partial charge in [0, 0.05) is 11.8 Å². The maximum Gasteiger partial charge on any atom is 0.325 e. The van der Waals surface area contributed by atoms with Crippen LogP contribution in [0.15, 0.2) is 36.5 Å². The van der Waals surface area contributed by atoms with Crippen LogP contribution in [0.1, 0.15) is 12.5 Å². The number of ether oxygens (including phenoxy) is 2. The van der Waals surface area contributed by atoms with Crippen molar-refractivity contribution in [2.75, 3.05) is 25.6 Å². The van der Waals surface area contributed by atoms with E-state index < -0.39 is 0 Å². The monoisotopic (exact) mass is 300 g/mol. The van der Waals surface area contributed by atoms with Gasteiger partial charge in [0.05, 0.1) is 25.1 Å². The molecule has 0 saturated heterocycles. The molecule has 0 aliphatic carbocycles. The highest BCUT2D eigenvalue weighted by atomic mass is 16.5. The summed E-state index contributed by atoms with van der Waals surface area (Å²) >= 11 is 0. The van der Waals surface area contributed by atoms with Crippen molar-refractivity contribution in [3.63, 3.8) is 0 Å². The zero-order valence-electron chi connectivity index (χ0n) is 13.1. The van der Waals surface area contributed by atoms with Crippen molar-refractivity contribution in [3.8, 4) is 17.0 Å². The summed E-state index contributed by atoms with van der Waals surface area (Å²) in [6.45, 7) is 4.24. The van der Waals surface area contributed by atoms with Crippen molar-refractivity contribution >= 4 is 11.7 Å². The number of hydrogen-bond acceptors (Lipinski definition) is 5. The minimum absolute atomic E-state index is 0.0922. The fraction of sp³-hybridized carbons (Fsp3) is 0.294. The number of aromatic nitrogens is 1. The molecule has 5 heteroatoms. The van der Waals surface area contributed by atoms with Crippen LogP contribution >= 0.6 is 0 Å². The SMILES string of the molecule is CCOC(=O)CNc1cc(-c2ccc(C)cn2)ccc1OC. The molecule has 1 N–H and O–H groups in total. The molecule has 0 radical (unpaired) electrons. The van der Waals surface area contributed by atoms with Gasteiger partial charge in [0.1, 0.15) is 12.3 Å². The molecule has 1 heterocycles. The van der Waals surface area contributed by atoms with Gasteiger partial charge in [-0.2, -0.15) is 0 Å². The smallest absolute Gasteiger partial charge is 0.325 e. The molecule has 0 fully saturated rings. The molecule has 0 saturated carbocycles. The number of carbonyl (C=O) groups is 1. The van der Waals surface area contributed by atoms with Crippen molar-refractivity contribution in [2.45, 2.75) is 13.8 Å². The molecule has 22 heavy (non-hydrogen) atoms. The molecule has 0 bridgehead atoms. The predicted molar refractivity (Wildman–Crippen MR) is 86.1 cm³/mol. The molecule has 5 nitrogen and oxygen atoms in total. The number of methoxy groups -OCH3 is 1. The van der Waals surface area contributed by atoms with E-state index in [4.69, 9.17) is 9.47 Å². The summed E-state index contributed by atoms with van der Waals surface area (Å²) in [6, 6.07) is 9.68. The highest BCUT2D eigenvalue weighted by Gasteiger charge is 2.09. The molecular weight excluding hydrogens is 280 g/mol. The van der Waals surface area contributed by atoms with Crippen LogP contribution in [0.4, 0.5) is 5.69 Å². The lowest BCUT2D eigenvalue weighted by Crippen LogP contribution is -2.17. The molecule has 0 aliphatic rings. The number of rotatable bonds is 6. The van der Waals surface area contributed by atoms with Gasteiger partial charge in [0.25, 0.3) is 0 Å². The van der Waals surface area contributed by atoms with Gasteiger partial charge >= 0.3 is 5.97 Å². The second kappa shape index (κ2) is 7.45. The summed E-state index contributed by atoms with van der Waals surface area (Å²) in [7, 11) is 1.59. The van der Waals surface area contributed by atoms with Crippen LogP contribution in [0.5, 0.6) is 5.75 Å². The van der Waals surface area contributed by atoms with Gasteiger partial charge in [0.15, 0.2) is 0 Å². The van der Waals surface area contributed by atoms with Crippen molar-refractivity contribution in [3.05, 3.63) is 42.1 Å². The lowest BCUT2D eigenvalue weighted by atomic mass is 10.1. The molecule has 2 aromatic rings. The second-order valence-electron chi connectivity index (χ2n) is 4.79. The van der Waals surface area contributed by atoms with Crippen LogP contribution in [0.2, 0.25) is 0 Å². The first-order valence-electron chi connectivity index (χ1n) is 7.14. The minimum atomic E-state index is -0.302. The summed E-state index contributed by atoms with van der Waals surface area (Å²) in [6.07, 6.45) is 1.82. The van der Waals surface area contributed by atoms with Crippen LogP contribution in [-0.4, -0.2) is 31.2 Å². The standard InChI is InChI=1S/C17H20N2O3/c1-4-22-17(20)11-19-15-9-13(6-8-16(15)21-3)14-7-5-12(2)10-18-14/h5-10,19H,4,11H2,1-3H3. The molecular formula is C17H20N2O3. The van der Waals surface area contributed by atoms with E-state index >= 15 is 0 Å². The molecule has 0 spiro atoms. The molecule has 2 rings (SSSR count). The van der Waals surface area contributed by atoms with E-state index in [1.165, 1.54) is 0 Å². The third-order valence-corrected chi connectivity index (χ3v) is 3.14. The van der Waals surface area contributed by atoms with Crippen molar-refractivity contribution < 1.29 is 14.3 Å². The fourth-order valence-corrected chi connectivity index (χ4v) is 2.02. The first-order chi connectivity index (χ1) is 10.6. The molecule has 1 aromatic carbocycles. The van der Waals surface area contributed by atoms with E-state index in [2.05, 4.69) is 10.3 Å². The number of benzene rings is 1. The lowest BCUT2D eigenvalue weighted by molar-refractivity contribution is -0.140. The van der Waals surface area contributed by atoms with Crippen LogP contribution in [0.25, 0.3) is 11.3 Å². The number of hydrogen-bond donors (Lipinski definition) is 1. The van der Waals surface area contributed by atoms with Crippen LogP contribution in [0, 0.1) is 6.92 Å². The van der Waals surface area contributed by atoms with E-state index in [1.807, 2.05) is 43.5 Å². The van der Waals surface area contributed by atoms with E-state index in [0.717, 1.165) is 22.5 Å². The average Bonchev–Trinajstić information content (AvgIpc) is 2.53. The number of nitrogens with one attached hydrogen (secondary N) is 1. The van der Waals surface area contributed by atoms with Crippen LogP contribution in [-0.2, 0) is 9.53 Å². The van der Waals surface area contributed by atoms with E-state index in [9.17, 15) is 4.79 Å². The maximum atomic E-state index is 11.5. The Labute approximate surface area is 130 Å². The number of carbonyl (C=O) groups excluding carboxylic acids is 1. The molecule has 1 aromatic heterocycles. The molecule has 116 valence electrons. The third-order valence-electron chi connectivity index (χ3n) is 3.14. The number of nitrogens with zero attached hydrogens (tertiary/aromatic N) is 1. The molecule has 0 aliphatic heterocycles. The van der Waals surface area contributed by atoms with E-state index in [0.29, 0.717) is 12.4 Å². The summed E-state index contributed by atoms with van der Waals surface area (Å²) in [5, 5.41) is 3.04. The number of pyridine rings is 1. The Morgan fingerprint density at radius 1 is 1.27 bits per heavy atom. The molecule has 0 unspecified atom stereocenters. The largest absolute Gasteiger partial charge is 0.495 e. The zero-order chi connectivity index (χ0) is 15.9. The van der Waals surface area contributed by atoms with Gasteiger partial charge < -0.3 is 14.8 Å². The van der Waals surface area contributed by atoms with Gasteiger partial charge in [0.2, 0.25) is 0 Å². The highest BCUT2D eigenvalue weighted by molar-refractivity contribution is 5.77. The Kier molecular flexibility index (Phi) is 5.36. The molecule has 0 atom stereocenters. The number of esters is 1. The Balaban J connectivity index is 2.22. The van der Waals surface area contributed by atoms with Crippen molar-refractivity contribution in [2.24, 2.45) is 0 Å². The van der Waals surface area contributed by atoms with Crippen molar-refractivity contribution in [1.29, 1.82) is 0 Å². The topological polar surface area (TPSA) is 60.5 Å². The summed E-state index contributed by atoms with van der Waals surface area (Å²) in [5.41, 5.74) is 3.66. The quantitative estimate of drug-likeness (QED) is 0.831. The lowest BCUT2D eigenvalue weighted by Gasteiger charge is -2.12. The highest BCUT2D eigenvalue weighted by Crippen LogP contribution is 2.29. The summed E-state index contributed by atoms with van der Waals surface area (Å²) in [5.74, 6) is 0.364. The summed E-state index contributed by atoms with van der Waals surface area (Å²) < 4.78 is 10.2. The first-order valence-corrected chi connectivity index (χ1v) is 7.14. The molecule has 0 amide bonds. The number of anilines is 1. The van der Waals surface area contributed by atoms with E-state index in [1.54, 1.807) is 14.0 Å². The second-order valence-corrected chi connectivity index (χ2v) is 4.79. The van der Waals surface area contributed by atoms with Gasteiger partial charge in [-0.3, -0.25) is 9.78 Å². The third kappa shape index (κ3) is 3.97. The van der Waals surface area contributed by atoms with Gasteiger partial charge in [-0.1, -0.05) is 6.07 Å². The van der Waals surface area contributed by atoms with E-state index in [-0.39, 0.29) is 12.5 Å². The zero-order valence-corrected chi connectivity index (χ0v) is 13.1. The Morgan fingerprint density at radius 3 is 2.73 bits per heavy atom. The average molecular weight is 300 g/mol. The van der Waals surface area contributed by atoms with Crippen LogP contribution in [0.3, 0.4) is 0 Å². The fourth-order valence-electron chi connectivity index (χ4n) is 2.02. The van der Waals surface area contributed by atoms with Gasteiger partial charge in [-0.15, -0.1) is 0 Å². The predicted octanol–water partition coefficient (Wildman–Crippen LogP) is 3.04.